The molecule has 1 aromatic carbocycles. The van der Waals surface area contributed by atoms with Crippen molar-refractivity contribution in [3.05, 3.63) is 41.3 Å². The predicted octanol–water partition coefficient (Wildman–Crippen LogP) is 7.38. The van der Waals surface area contributed by atoms with Gasteiger partial charge in [-0.25, -0.2) is 9.78 Å². The van der Waals surface area contributed by atoms with E-state index in [1.54, 1.807) is 13.8 Å². The van der Waals surface area contributed by atoms with Gasteiger partial charge < -0.3 is 18.6 Å². The number of hydrogen-bond donors (Lipinski definition) is 0. The largest absolute Gasteiger partial charge is 0.458 e. The summed E-state index contributed by atoms with van der Waals surface area (Å²) < 4.78 is 61.9. The third-order valence-electron chi connectivity index (χ3n) is 6.61. The Morgan fingerprint density at radius 1 is 1.03 bits per heavy atom. The van der Waals surface area contributed by atoms with Gasteiger partial charge in [0.15, 0.2) is 5.60 Å². The van der Waals surface area contributed by atoms with E-state index in [9.17, 15) is 18.0 Å². The van der Waals surface area contributed by atoms with E-state index in [4.69, 9.17) is 18.6 Å². The summed E-state index contributed by atoms with van der Waals surface area (Å²) in [6.45, 7) is 12.3. The number of benzene rings is 1. The molecule has 212 valence electrons. The minimum atomic E-state index is -4.39. The molecule has 6 nitrogen and oxygen atoms in total. The van der Waals surface area contributed by atoms with Gasteiger partial charge in [0, 0.05) is 18.6 Å². The topological polar surface area (TPSA) is 70.8 Å². The number of hydrogen-bond acceptors (Lipinski definition) is 6. The van der Waals surface area contributed by atoms with Crippen LogP contribution in [-0.2, 0) is 38.2 Å². The molecule has 2 atom stereocenters. The second-order valence-corrected chi connectivity index (χ2v) is 11.6. The average Bonchev–Trinajstić information content (AvgIpc) is 3.25. The SMILES string of the molecule is CCc1oc(-c2ccc(C(F)(F)F)cc2)nc1COCC1CCCC(COC(C)(C)C(=O)OC(C)(C)C)C1. The summed E-state index contributed by atoms with van der Waals surface area (Å²) in [5.74, 6) is 1.29. The summed E-state index contributed by atoms with van der Waals surface area (Å²) in [5, 5.41) is 0. The summed E-state index contributed by atoms with van der Waals surface area (Å²) in [6, 6.07) is 4.79. The molecule has 0 spiro atoms. The molecule has 0 radical (unpaired) electrons. The number of alkyl halides is 3. The number of aromatic nitrogens is 1. The third kappa shape index (κ3) is 8.56. The van der Waals surface area contributed by atoms with Crippen LogP contribution in [0.3, 0.4) is 0 Å². The Kier molecular flexibility index (Phi) is 9.68. The molecule has 0 saturated heterocycles. The molecule has 1 saturated carbocycles. The van der Waals surface area contributed by atoms with Crippen molar-refractivity contribution < 1.29 is 36.6 Å². The van der Waals surface area contributed by atoms with Crippen LogP contribution in [0.5, 0.6) is 0 Å². The number of rotatable bonds is 10. The van der Waals surface area contributed by atoms with E-state index in [0.29, 0.717) is 48.5 Å². The van der Waals surface area contributed by atoms with E-state index in [1.807, 2.05) is 27.7 Å². The van der Waals surface area contributed by atoms with Crippen LogP contribution in [0.4, 0.5) is 13.2 Å². The molecule has 0 bridgehead atoms. The zero-order valence-corrected chi connectivity index (χ0v) is 23.2. The highest BCUT2D eigenvalue weighted by molar-refractivity contribution is 5.78. The van der Waals surface area contributed by atoms with E-state index in [2.05, 4.69) is 4.98 Å². The molecule has 1 aromatic heterocycles. The minimum Gasteiger partial charge on any atom is -0.458 e. The van der Waals surface area contributed by atoms with Gasteiger partial charge in [0.1, 0.15) is 17.1 Å². The van der Waals surface area contributed by atoms with Gasteiger partial charge in [0.25, 0.3) is 0 Å². The Bertz CT molecular complexity index is 1050. The molecule has 9 heteroatoms. The van der Waals surface area contributed by atoms with Crippen LogP contribution in [0.25, 0.3) is 11.5 Å². The molecule has 1 aliphatic carbocycles. The second kappa shape index (κ2) is 12.2. The van der Waals surface area contributed by atoms with Crippen molar-refractivity contribution in [3.63, 3.8) is 0 Å². The first-order valence-electron chi connectivity index (χ1n) is 13.3. The standard InChI is InChI=1S/C29H40F3NO5/c1-7-24-23(33-25(37-24)21-11-13-22(14-12-21)29(30,31)32)18-35-16-19-9-8-10-20(15-19)17-36-28(5,6)26(34)38-27(2,3)4/h11-14,19-20H,7-10,15-18H2,1-6H3. The summed E-state index contributed by atoms with van der Waals surface area (Å²) in [5.41, 5.74) is -1.13. The predicted molar refractivity (Wildman–Crippen MR) is 137 cm³/mol. The smallest absolute Gasteiger partial charge is 0.416 e. The van der Waals surface area contributed by atoms with Crippen molar-refractivity contribution in [1.82, 2.24) is 4.98 Å². The van der Waals surface area contributed by atoms with Crippen LogP contribution >= 0.6 is 0 Å². The molecule has 1 heterocycles. The Labute approximate surface area is 223 Å². The Morgan fingerprint density at radius 3 is 2.24 bits per heavy atom. The highest BCUT2D eigenvalue weighted by Crippen LogP contribution is 2.33. The van der Waals surface area contributed by atoms with Crippen LogP contribution in [0.1, 0.15) is 84.2 Å². The molecule has 2 aromatic rings. The van der Waals surface area contributed by atoms with E-state index in [1.165, 1.54) is 12.1 Å². The van der Waals surface area contributed by atoms with Crippen LogP contribution in [0.15, 0.2) is 28.7 Å². The Balaban J connectivity index is 1.50. The van der Waals surface area contributed by atoms with Gasteiger partial charge in [0.05, 0.1) is 18.8 Å². The fourth-order valence-corrected chi connectivity index (χ4v) is 4.51. The highest BCUT2D eigenvalue weighted by Gasteiger charge is 2.35. The van der Waals surface area contributed by atoms with Crippen LogP contribution < -0.4 is 0 Å². The van der Waals surface area contributed by atoms with Crippen LogP contribution in [0, 0.1) is 11.8 Å². The lowest BCUT2D eigenvalue weighted by Gasteiger charge is -2.33. The van der Waals surface area contributed by atoms with Crippen molar-refractivity contribution in [3.8, 4) is 11.5 Å². The zero-order valence-electron chi connectivity index (χ0n) is 23.2. The molecular weight excluding hydrogens is 499 g/mol. The summed E-state index contributed by atoms with van der Waals surface area (Å²) in [6.07, 6.45) is 0.324. The average molecular weight is 540 g/mol. The van der Waals surface area contributed by atoms with Crippen molar-refractivity contribution >= 4 is 5.97 Å². The van der Waals surface area contributed by atoms with Crippen LogP contribution in [0.2, 0.25) is 0 Å². The number of ether oxygens (including phenoxy) is 3. The number of carbonyl (C=O) groups excluding carboxylic acids is 1. The zero-order chi connectivity index (χ0) is 28.1. The first-order valence-corrected chi connectivity index (χ1v) is 13.3. The fraction of sp³-hybridized carbons (Fsp3) is 0.655. The normalized spacial score (nSPS) is 19.0. The summed E-state index contributed by atoms with van der Waals surface area (Å²) >= 11 is 0. The van der Waals surface area contributed by atoms with Gasteiger partial charge in [-0.2, -0.15) is 13.2 Å². The molecular formula is C29H40F3NO5. The third-order valence-corrected chi connectivity index (χ3v) is 6.61. The molecule has 38 heavy (non-hydrogen) atoms. The Morgan fingerprint density at radius 2 is 1.66 bits per heavy atom. The monoisotopic (exact) mass is 539 g/mol. The molecule has 2 unspecified atom stereocenters. The maximum Gasteiger partial charge on any atom is 0.416 e. The number of carbonyl (C=O) groups is 1. The second-order valence-electron chi connectivity index (χ2n) is 11.6. The lowest BCUT2D eigenvalue weighted by Crippen LogP contribution is -2.42. The maximum absolute atomic E-state index is 12.9. The van der Waals surface area contributed by atoms with E-state index in [0.717, 1.165) is 37.8 Å². The molecule has 1 fully saturated rings. The first-order chi connectivity index (χ1) is 17.7. The lowest BCUT2D eigenvalue weighted by molar-refractivity contribution is -0.181. The fourth-order valence-electron chi connectivity index (χ4n) is 4.51. The molecule has 1 aliphatic rings. The van der Waals surface area contributed by atoms with Gasteiger partial charge in [-0.15, -0.1) is 0 Å². The summed E-state index contributed by atoms with van der Waals surface area (Å²) in [7, 11) is 0. The first kappa shape index (κ1) is 30.2. The number of oxazole rings is 1. The number of nitrogens with zero attached hydrogens (tertiary/aromatic N) is 1. The summed E-state index contributed by atoms with van der Waals surface area (Å²) in [4.78, 5) is 17.0. The molecule has 0 N–H and O–H groups in total. The maximum atomic E-state index is 12.9. The van der Waals surface area contributed by atoms with Crippen molar-refractivity contribution in [2.45, 2.75) is 97.6 Å². The van der Waals surface area contributed by atoms with E-state index >= 15 is 0 Å². The lowest BCUT2D eigenvalue weighted by atomic mass is 9.82. The number of esters is 1. The highest BCUT2D eigenvalue weighted by atomic mass is 19.4. The van der Waals surface area contributed by atoms with Gasteiger partial charge in [0.2, 0.25) is 5.89 Å². The van der Waals surface area contributed by atoms with Crippen LogP contribution in [-0.4, -0.2) is 35.4 Å². The number of halogens is 3. The van der Waals surface area contributed by atoms with E-state index < -0.39 is 22.9 Å². The molecule has 0 amide bonds. The van der Waals surface area contributed by atoms with E-state index in [-0.39, 0.29) is 18.5 Å². The quantitative estimate of drug-likeness (QED) is 0.293. The van der Waals surface area contributed by atoms with Gasteiger partial charge >= 0.3 is 12.1 Å². The van der Waals surface area contributed by atoms with Crippen molar-refractivity contribution in [2.75, 3.05) is 13.2 Å². The van der Waals surface area contributed by atoms with Crippen molar-refractivity contribution in [2.24, 2.45) is 11.8 Å². The van der Waals surface area contributed by atoms with Gasteiger partial charge in [-0.3, -0.25) is 0 Å². The Hall–Kier alpha value is -2.39. The minimum absolute atomic E-state index is 0.274. The molecule has 3 rings (SSSR count). The molecule has 0 aliphatic heterocycles. The number of aryl methyl sites for hydroxylation is 1. The van der Waals surface area contributed by atoms with Gasteiger partial charge in [-0.05, 0) is 90.0 Å². The van der Waals surface area contributed by atoms with Crippen molar-refractivity contribution in [1.29, 1.82) is 0 Å². The van der Waals surface area contributed by atoms with Gasteiger partial charge in [-0.1, -0.05) is 13.3 Å².